The zero-order valence-corrected chi connectivity index (χ0v) is 15.4. The molecule has 0 radical (unpaired) electrons. The average Bonchev–Trinajstić information content (AvgIpc) is 2.93. The van der Waals surface area contributed by atoms with Gasteiger partial charge in [-0.05, 0) is 86.9 Å². The highest BCUT2D eigenvalue weighted by atomic mass is 32.1. The topological polar surface area (TPSA) is 57.4 Å². The molecule has 24 heavy (non-hydrogen) atoms. The SMILES string of the molecule is S=c1nc(-c2nc(=S)[nH]c3c2CCCCC3)c2c([nH]1)CCCCC2. The number of hydrogen-bond acceptors (Lipinski definition) is 4. The molecule has 4 nitrogen and oxygen atoms in total. The summed E-state index contributed by atoms with van der Waals surface area (Å²) < 4.78 is 1.13. The summed E-state index contributed by atoms with van der Waals surface area (Å²) in [6, 6.07) is 0. The van der Waals surface area contributed by atoms with Crippen molar-refractivity contribution in [1.29, 1.82) is 0 Å². The van der Waals surface area contributed by atoms with Crippen molar-refractivity contribution in [3.8, 4) is 11.4 Å². The van der Waals surface area contributed by atoms with Crippen LogP contribution in [0.3, 0.4) is 0 Å². The minimum absolute atomic E-state index is 0.563. The Hall–Kier alpha value is -1.40. The van der Waals surface area contributed by atoms with Crippen LogP contribution in [0, 0.1) is 9.54 Å². The van der Waals surface area contributed by atoms with Crippen molar-refractivity contribution >= 4 is 24.4 Å². The van der Waals surface area contributed by atoms with Crippen LogP contribution in [0.5, 0.6) is 0 Å². The van der Waals surface area contributed by atoms with Crippen molar-refractivity contribution in [2.75, 3.05) is 0 Å². The first kappa shape index (κ1) is 16.1. The summed E-state index contributed by atoms with van der Waals surface area (Å²) in [6.45, 7) is 0. The van der Waals surface area contributed by atoms with E-state index in [-0.39, 0.29) is 0 Å². The summed E-state index contributed by atoms with van der Waals surface area (Å²) in [6.07, 6.45) is 11.5. The number of H-pyrrole nitrogens is 2. The predicted molar refractivity (Wildman–Crippen MR) is 100 cm³/mol. The van der Waals surface area contributed by atoms with Crippen molar-refractivity contribution < 1.29 is 0 Å². The maximum atomic E-state index is 5.42. The summed E-state index contributed by atoms with van der Waals surface area (Å²) in [4.78, 5) is 16.1. The van der Waals surface area contributed by atoms with Crippen LogP contribution in [-0.4, -0.2) is 19.9 Å². The summed E-state index contributed by atoms with van der Waals surface area (Å²) in [5.41, 5.74) is 7.08. The van der Waals surface area contributed by atoms with Crippen molar-refractivity contribution in [1.82, 2.24) is 19.9 Å². The van der Waals surface area contributed by atoms with E-state index in [1.165, 1.54) is 61.0 Å². The zero-order valence-electron chi connectivity index (χ0n) is 13.8. The second kappa shape index (κ2) is 6.84. The van der Waals surface area contributed by atoms with Gasteiger partial charge in [0.25, 0.3) is 0 Å². The lowest BCUT2D eigenvalue weighted by atomic mass is 9.98. The van der Waals surface area contributed by atoms with Crippen LogP contribution >= 0.6 is 24.4 Å². The highest BCUT2D eigenvalue weighted by molar-refractivity contribution is 7.71. The van der Waals surface area contributed by atoms with Crippen LogP contribution in [0.25, 0.3) is 11.4 Å². The molecule has 0 unspecified atom stereocenters. The van der Waals surface area contributed by atoms with E-state index in [4.69, 9.17) is 34.4 Å². The van der Waals surface area contributed by atoms with Crippen LogP contribution in [0.1, 0.15) is 61.0 Å². The molecule has 6 heteroatoms. The van der Waals surface area contributed by atoms with Gasteiger partial charge < -0.3 is 9.97 Å². The smallest absolute Gasteiger partial charge is 0.197 e. The van der Waals surface area contributed by atoms with Crippen molar-refractivity contribution in [3.05, 3.63) is 32.1 Å². The zero-order chi connectivity index (χ0) is 16.5. The highest BCUT2D eigenvalue weighted by Gasteiger charge is 2.22. The minimum atomic E-state index is 0.563. The molecule has 0 aliphatic heterocycles. The molecule has 0 saturated carbocycles. The molecule has 2 heterocycles. The van der Waals surface area contributed by atoms with Crippen molar-refractivity contribution in [3.63, 3.8) is 0 Å². The van der Waals surface area contributed by atoms with Gasteiger partial charge in [0.05, 0.1) is 11.4 Å². The summed E-state index contributed by atoms with van der Waals surface area (Å²) in [5, 5.41) is 0. The fraction of sp³-hybridized carbons (Fsp3) is 0.556. The number of aromatic nitrogens is 4. The van der Waals surface area contributed by atoms with E-state index >= 15 is 0 Å². The Labute approximate surface area is 152 Å². The Morgan fingerprint density at radius 2 is 1.00 bits per heavy atom. The monoisotopic (exact) mass is 358 g/mol. The van der Waals surface area contributed by atoms with Crippen LogP contribution in [0.2, 0.25) is 0 Å². The lowest BCUT2D eigenvalue weighted by molar-refractivity contribution is 0.708. The third-order valence-corrected chi connectivity index (χ3v) is 5.56. The molecule has 4 rings (SSSR count). The van der Waals surface area contributed by atoms with Gasteiger partial charge in [-0.1, -0.05) is 12.8 Å². The number of aryl methyl sites for hydroxylation is 2. The minimum Gasteiger partial charge on any atom is -0.334 e. The molecule has 126 valence electrons. The summed E-state index contributed by atoms with van der Waals surface area (Å²) in [7, 11) is 0. The Morgan fingerprint density at radius 3 is 1.46 bits per heavy atom. The molecule has 0 amide bonds. The normalized spacial score (nSPS) is 17.5. The molecular formula is C18H22N4S2. The van der Waals surface area contributed by atoms with Gasteiger partial charge in [-0.3, -0.25) is 0 Å². The van der Waals surface area contributed by atoms with Crippen LogP contribution in [-0.2, 0) is 25.7 Å². The third-order valence-electron chi connectivity index (χ3n) is 5.17. The first-order chi connectivity index (χ1) is 11.7. The van der Waals surface area contributed by atoms with E-state index in [0.717, 1.165) is 37.1 Å². The highest BCUT2D eigenvalue weighted by Crippen LogP contribution is 2.32. The average molecular weight is 359 g/mol. The van der Waals surface area contributed by atoms with Crippen molar-refractivity contribution in [2.24, 2.45) is 0 Å². The molecular weight excluding hydrogens is 336 g/mol. The maximum Gasteiger partial charge on any atom is 0.197 e. The molecule has 0 aromatic carbocycles. The van der Waals surface area contributed by atoms with Gasteiger partial charge in [0, 0.05) is 11.4 Å². The quantitative estimate of drug-likeness (QED) is 0.568. The van der Waals surface area contributed by atoms with E-state index in [2.05, 4.69) is 9.97 Å². The van der Waals surface area contributed by atoms with Gasteiger partial charge in [-0.15, -0.1) is 0 Å². The predicted octanol–water partition coefficient (Wildman–Crippen LogP) is 4.80. The first-order valence-corrected chi connectivity index (χ1v) is 9.78. The Bertz CT molecular complexity index is 808. The molecule has 2 aliphatic rings. The van der Waals surface area contributed by atoms with E-state index in [9.17, 15) is 0 Å². The Morgan fingerprint density at radius 1 is 0.583 bits per heavy atom. The molecule has 0 spiro atoms. The molecule has 0 fully saturated rings. The van der Waals surface area contributed by atoms with Gasteiger partial charge in [0.15, 0.2) is 9.54 Å². The molecule has 2 aliphatic carbocycles. The second-order valence-corrected chi connectivity index (χ2v) is 7.59. The van der Waals surface area contributed by atoms with E-state index in [1.807, 2.05) is 0 Å². The molecule has 0 atom stereocenters. The van der Waals surface area contributed by atoms with Crippen LogP contribution < -0.4 is 0 Å². The van der Waals surface area contributed by atoms with Crippen molar-refractivity contribution in [2.45, 2.75) is 64.2 Å². The standard InChI is InChI=1S/C18H22N4S2/c23-17-19-13-9-5-1-3-7-11(13)15(21-17)16-12-8-4-2-6-10-14(12)20-18(24)22-16/h1-10H2,(H,19,21,23)(H,20,22,24). The lowest BCUT2D eigenvalue weighted by Gasteiger charge is -2.15. The van der Waals surface area contributed by atoms with Gasteiger partial charge in [0.2, 0.25) is 0 Å². The fourth-order valence-corrected chi connectivity index (χ4v) is 4.44. The molecule has 2 aromatic rings. The molecule has 0 bridgehead atoms. The van der Waals surface area contributed by atoms with Crippen LogP contribution in [0.15, 0.2) is 0 Å². The maximum absolute atomic E-state index is 5.42. The molecule has 2 N–H and O–H groups in total. The van der Waals surface area contributed by atoms with Gasteiger partial charge in [0.1, 0.15) is 0 Å². The number of rotatable bonds is 1. The molecule has 0 saturated heterocycles. The summed E-state index contributed by atoms with van der Waals surface area (Å²) in [5.74, 6) is 0. The van der Waals surface area contributed by atoms with Gasteiger partial charge in [-0.25, -0.2) is 9.97 Å². The lowest BCUT2D eigenvalue weighted by Crippen LogP contribution is -2.08. The second-order valence-electron chi connectivity index (χ2n) is 6.82. The molecule has 2 aromatic heterocycles. The van der Waals surface area contributed by atoms with E-state index in [0.29, 0.717) is 9.54 Å². The van der Waals surface area contributed by atoms with Crippen LogP contribution in [0.4, 0.5) is 0 Å². The third kappa shape index (κ3) is 3.09. The van der Waals surface area contributed by atoms with Gasteiger partial charge in [-0.2, -0.15) is 0 Å². The number of fused-ring (bicyclic) bond motifs is 2. The largest absolute Gasteiger partial charge is 0.334 e. The number of nitrogens with one attached hydrogen (secondary N) is 2. The number of hydrogen-bond donors (Lipinski definition) is 2. The fourth-order valence-electron chi connectivity index (χ4n) is 4.01. The Balaban J connectivity index is 1.97. The first-order valence-electron chi connectivity index (χ1n) is 8.97. The number of nitrogens with zero attached hydrogens (tertiary/aromatic N) is 2. The van der Waals surface area contributed by atoms with Gasteiger partial charge >= 0.3 is 0 Å². The number of aromatic amines is 2. The Kier molecular flexibility index (Phi) is 4.59. The van der Waals surface area contributed by atoms with E-state index < -0.39 is 0 Å². The van der Waals surface area contributed by atoms with E-state index in [1.54, 1.807) is 0 Å². The summed E-state index contributed by atoms with van der Waals surface area (Å²) >= 11 is 10.8.